The third-order valence-corrected chi connectivity index (χ3v) is 5.89. The van der Waals surface area contributed by atoms with Crippen molar-refractivity contribution in [3.8, 4) is 0 Å². The molecule has 11 heteroatoms. The van der Waals surface area contributed by atoms with Crippen LogP contribution in [0.2, 0.25) is 10.0 Å². The van der Waals surface area contributed by atoms with Crippen molar-refractivity contribution in [2.24, 2.45) is 0 Å². The predicted molar refractivity (Wildman–Crippen MR) is 101 cm³/mol. The van der Waals surface area contributed by atoms with E-state index in [0.29, 0.717) is 0 Å². The van der Waals surface area contributed by atoms with Gasteiger partial charge in [-0.3, -0.25) is 19.2 Å². The molecule has 0 atom stereocenters. The minimum Gasteiger partial charge on any atom is -0.465 e. The Labute approximate surface area is 165 Å². The molecule has 0 radical (unpaired) electrons. The molecule has 0 aromatic heterocycles. The molecule has 27 heavy (non-hydrogen) atoms. The van der Waals surface area contributed by atoms with Crippen LogP contribution in [-0.2, 0) is 19.6 Å². The van der Waals surface area contributed by atoms with Gasteiger partial charge >= 0.3 is 5.97 Å². The second-order valence-corrected chi connectivity index (χ2v) is 7.85. The van der Waals surface area contributed by atoms with Crippen LogP contribution in [0.15, 0.2) is 47.4 Å². The SMILES string of the molecule is CCOC(=O)CN(c1ccc(Cl)c(Cl)c1)S(=O)(=O)c1cccc([N+](=O)[O-])c1. The zero-order chi connectivity index (χ0) is 20.2. The van der Waals surface area contributed by atoms with Gasteiger partial charge in [-0.2, -0.15) is 0 Å². The van der Waals surface area contributed by atoms with Gasteiger partial charge < -0.3 is 4.74 Å². The Morgan fingerprint density at radius 2 is 1.89 bits per heavy atom. The normalized spacial score (nSPS) is 11.1. The molecule has 0 aliphatic carbocycles. The first kappa shape index (κ1) is 20.9. The summed E-state index contributed by atoms with van der Waals surface area (Å²) in [5.74, 6) is -0.794. The average Bonchev–Trinajstić information content (AvgIpc) is 2.62. The number of non-ortho nitro benzene ring substituents is 1. The maximum atomic E-state index is 13.1. The summed E-state index contributed by atoms with van der Waals surface area (Å²) in [4.78, 5) is 21.8. The average molecular weight is 433 g/mol. The molecule has 2 aromatic carbocycles. The fraction of sp³-hybridized carbons (Fsp3) is 0.188. The molecule has 2 rings (SSSR count). The molecule has 2 aromatic rings. The molecule has 8 nitrogen and oxygen atoms in total. The van der Waals surface area contributed by atoms with Crippen LogP contribution in [-0.4, -0.2) is 32.5 Å². The van der Waals surface area contributed by atoms with E-state index in [1.54, 1.807) is 6.92 Å². The number of rotatable bonds is 7. The van der Waals surface area contributed by atoms with Gasteiger partial charge in [0, 0.05) is 12.1 Å². The first-order chi connectivity index (χ1) is 12.7. The Hall–Kier alpha value is -2.36. The number of carbonyl (C=O) groups is 1. The summed E-state index contributed by atoms with van der Waals surface area (Å²) in [7, 11) is -4.33. The Morgan fingerprint density at radius 3 is 2.48 bits per heavy atom. The van der Waals surface area contributed by atoms with Crippen LogP contribution in [0, 0.1) is 10.1 Å². The van der Waals surface area contributed by atoms with Gasteiger partial charge in [-0.05, 0) is 31.2 Å². The van der Waals surface area contributed by atoms with Gasteiger partial charge in [-0.25, -0.2) is 8.42 Å². The van der Waals surface area contributed by atoms with Gasteiger partial charge in [0.2, 0.25) is 0 Å². The molecule has 0 N–H and O–H groups in total. The van der Waals surface area contributed by atoms with Crippen molar-refractivity contribution in [1.29, 1.82) is 0 Å². The Balaban J connectivity index is 2.56. The Morgan fingerprint density at radius 1 is 1.19 bits per heavy atom. The lowest BCUT2D eigenvalue weighted by Crippen LogP contribution is -2.36. The molecule has 0 saturated carbocycles. The number of nitro benzene ring substituents is 1. The van der Waals surface area contributed by atoms with Crippen LogP contribution in [0.25, 0.3) is 0 Å². The summed E-state index contributed by atoms with van der Waals surface area (Å²) < 4.78 is 31.7. The second kappa shape index (κ2) is 8.55. The van der Waals surface area contributed by atoms with Gasteiger partial charge in [0.05, 0.1) is 32.2 Å². The van der Waals surface area contributed by atoms with E-state index in [-0.39, 0.29) is 27.2 Å². The molecule has 0 unspecified atom stereocenters. The number of sulfonamides is 1. The summed E-state index contributed by atoms with van der Waals surface area (Å²) in [6.07, 6.45) is 0. The third-order valence-electron chi connectivity index (χ3n) is 3.39. The molecule has 0 bridgehead atoms. The largest absolute Gasteiger partial charge is 0.465 e. The lowest BCUT2D eigenvalue weighted by molar-refractivity contribution is -0.385. The summed E-state index contributed by atoms with van der Waals surface area (Å²) in [6.45, 7) is 0.998. The number of nitrogens with zero attached hydrogens (tertiary/aromatic N) is 2. The minimum absolute atomic E-state index is 0.0592. The molecular weight excluding hydrogens is 419 g/mol. The highest BCUT2D eigenvalue weighted by Crippen LogP contribution is 2.31. The summed E-state index contributed by atoms with van der Waals surface area (Å²) >= 11 is 11.8. The number of ether oxygens (including phenoxy) is 1. The van der Waals surface area contributed by atoms with E-state index in [0.717, 1.165) is 16.4 Å². The molecule has 0 spiro atoms. The molecule has 0 aliphatic heterocycles. The number of benzene rings is 2. The van der Waals surface area contributed by atoms with Crippen LogP contribution >= 0.6 is 23.2 Å². The molecule has 0 amide bonds. The highest BCUT2D eigenvalue weighted by Gasteiger charge is 2.29. The highest BCUT2D eigenvalue weighted by atomic mass is 35.5. The van der Waals surface area contributed by atoms with Crippen molar-refractivity contribution in [2.75, 3.05) is 17.5 Å². The summed E-state index contributed by atoms with van der Waals surface area (Å²) in [5.41, 5.74) is -0.342. The lowest BCUT2D eigenvalue weighted by atomic mass is 10.3. The fourth-order valence-corrected chi connectivity index (χ4v) is 3.90. The molecular formula is C16H14Cl2N2O6S. The van der Waals surface area contributed by atoms with Gasteiger partial charge in [0.1, 0.15) is 6.54 Å². The standard InChI is InChI=1S/C16H14Cl2N2O6S/c1-2-26-16(21)10-19(11-6-7-14(17)15(18)9-11)27(24,25)13-5-3-4-12(8-13)20(22)23/h3-9H,2,10H2,1H3. The van der Waals surface area contributed by atoms with E-state index in [1.807, 2.05) is 0 Å². The predicted octanol–water partition coefficient (Wildman–Crippen LogP) is 3.66. The molecule has 144 valence electrons. The van der Waals surface area contributed by atoms with E-state index >= 15 is 0 Å². The van der Waals surface area contributed by atoms with Crippen molar-refractivity contribution < 1.29 is 22.9 Å². The van der Waals surface area contributed by atoms with E-state index in [4.69, 9.17) is 27.9 Å². The topological polar surface area (TPSA) is 107 Å². The van der Waals surface area contributed by atoms with E-state index in [2.05, 4.69) is 0 Å². The highest BCUT2D eigenvalue weighted by molar-refractivity contribution is 7.92. The first-order valence-electron chi connectivity index (χ1n) is 7.54. The smallest absolute Gasteiger partial charge is 0.326 e. The number of hydrogen-bond donors (Lipinski definition) is 0. The zero-order valence-corrected chi connectivity index (χ0v) is 16.3. The van der Waals surface area contributed by atoms with Gasteiger partial charge in [0.25, 0.3) is 15.7 Å². The molecule has 0 fully saturated rings. The second-order valence-electron chi connectivity index (χ2n) is 5.17. The maximum absolute atomic E-state index is 13.1. The van der Waals surface area contributed by atoms with Crippen LogP contribution in [0.1, 0.15) is 6.92 Å². The van der Waals surface area contributed by atoms with Crippen LogP contribution < -0.4 is 4.31 Å². The van der Waals surface area contributed by atoms with Gasteiger partial charge in [-0.15, -0.1) is 0 Å². The van der Waals surface area contributed by atoms with Gasteiger partial charge in [-0.1, -0.05) is 29.3 Å². The Kier molecular flexibility index (Phi) is 6.63. The zero-order valence-electron chi connectivity index (χ0n) is 14.0. The van der Waals surface area contributed by atoms with Crippen LogP contribution in [0.3, 0.4) is 0 Å². The van der Waals surface area contributed by atoms with Crippen LogP contribution in [0.4, 0.5) is 11.4 Å². The number of carbonyl (C=O) groups excluding carboxylic acids is 1. The maximum Gasteiger partial charge on any atom is 0.326 e. The number of esters is 1. The number of hydrogen-bond acceptors (Lipinski definition) is 6. The van der Waals surface area contributed by atoms with Crippen molar-refractivity contribution >= 4 is 50.6 Å². The van der Waals surface area contributed by atoms with Crippen molar-refractivity contribution in [3.05, 3.63) is 62.6 Å². The minimum atomic E-state index is -4.33. The third kappa shape index (κ3) is 4.88. The molecule has 0 saturated heterocycles. The summed E-state index contributed by atoms with van der Waals surface area (Å²) in [6, 6.07) is 8.51. The fourth-order valence-electron chi connectivity index (χ4n) is 2.16. The summed E-state index contributed by atoms with van der Waals surface area (Å²) in [5, 5.41) is 11.2. The molecule has 0 heterocycles. The van der Waals surface area contributed by atoms with Gasteiger partial charge in [0.15, 0.2) is 0 Å². The van der Waals surface area contributed by atoms with Crippen LogP contribution in [0.5, 0.6) is 0 Å². The lowest BCUT2D eigenvalue weighted by Gasteiger charge is -2.24. The number of anilines is 1. The Bertz CT molecular complexity index is 981. The van der Waals surface area contributed by atoms with E-state index < -0.39 is 33.1 Å². The first-order valence-corrected chi connectivity index (χ1v) is 9.74. The monoisotopic (exact) mass is 432 g/mol. The molecule has 0 aliphatic rings. The quantitative estimate of drug-likeness (QED) is 0.375. The van der Waals surface area contributed by atoms with Crippen molar-refractivity contribution in [3.63, 3.8) is 0 Å². The van der Waals surface area contributed by atoms with E-state index in [1.165, 1.54) is 30.3 Å². The number of halogens is 2. The van der Waals surface area contributed by atoms with E-state index in [9.17, 15) is 23.3 Å². The number of nitro groups is 1. The van der Waals surface area contributed by atoms with Crippen molar-refractivity contribution in [1.82, 2.24) is 0 Å². The van der Waals surface area contributed by atoms with Crippen molar-refractivity contribution in [2.45, 2.75) is 11.8 Å².